The highest BCUT2D eigenvalue weighted by molar-refractivity contribution is 5.93. The number of ether oxygens (including phenoxy) is 1. The zero-order chi connectivity index (χ0) is 16.1. The summed E-state index contributed by atoms with van der Waals surface area (Å²) in [6, 6.07) is 17.1. The third kappa shape index (κ3) is 3.88. The molecule has 1 aliphatic heterocycles. The molecule has 2 aromatic carbocycles. The molecule has 5 heteroatoms. The molecule has 1 heterocycles. The predicted octanol–water partition coefficient (Wildman–Crippen LogP) is 3.21. The average molecular weight is 310 g/mol. The number of carbonyl (C=O) groups is 2. The number of anilines is 2. The van der Waals surface area contributed by atoms with Crippen LogP contribution in [0.5, 0.6) is 0 Å². The molecule has 0 bridgehead atoms. The Balaban J connectivity index is 1.59. The Labute approximate surface area is 134 Å². The van der Waals surface area contributed by atoms with Gasteiger partial charge in [0.25, 0.3) is 0 Å². The number of nitrogens with one attached hydrogen (secondary N) is 1. The third-order valence-corrected chi connectivity index (χ3v) is 3.69. The second-order valence-electron chi connectivity index (χ2n) is 5.35. The summed E-state index contributed by atoms with van der Waals surface area (Å²) in [5.74, 6) is -0.0463. The van der Waals surface area contributed by atoms with Crippen LogP contribution in [0.25, 0.3) is 0 Å². The minimum absolute atomic E-state index is 0.0463. The van der Waals surface area contributed by atoms with E-state index in [4.69, 9.17) is 4.74 Å². The average Bonchev–Trinajstić information content (AvgIpc) is 3.00. The molecular weight excluding hydrogens is 292 g/mol. The van der Waals surface area contributed by atoms with E-state index < -0.39 is 0 Å². The van der Waals surface area contributed by atoms with Gasteiger partial charge >= 0.3 is 6.09 Å². The van der Waals surface area contributed by atoms with Crippen molar-refractivity contribution in [1.82, 2.24) is 0 Å². The molecule has 0 radical (unpaired) electrons. The minimum atomic E-state index is -0.349. The number of hydrogen-bond donors (Lipinski definition) is 1. The van der Waals surface area contributed by atoms with E-state index in [1.807, 2.05) is 48.5 Å². The first kappa shape index (κ1) is 15.1. The quantitative estimate of drug-likeness (QED) is 0.922. The van der Waals surface area contributed by atoms with Crippen LogP contribution in [0.15, 0.2) is 54.6 Å². The van der Waals surface area contributed by atoms with Gasteiger partial charge in [-0.1, -0.05) is 36.4 Å². The molecule has 118 valence electrons. The first-order valence-corrected chi connectivity index (χ1v) is 7.60. The van der Waals surface area contributed by atoms with Crippen LogP contribution in [0.2, 0.25) is 0 Å². The number of carbonyl (C=O) groups excluding carboxylic acids is 2. The Morgan fingerprint density at radius 3 is 2.70 bits per heavy atom. The molecule has 0 aliphatic carbocycles. The molecule has 3 rings (SSSR count). The van der Waals surface area contributed by atoms with Gasteiger partial charge in [-0.2, -0.15) is 0 Å². The lowest BCUT2D eigenvalue weighted by Crippen LogP contribution is -2.23. The third-order valence-electron chi connectivity index (χ3n) is 3.69. The second kappa shape index (κ2) is 6.96. The lowest BCUT2D eigenvalue weighted by atomic mass is 10.1. The molecule has 0 unspecified atom stereocenters. The van der Waals surface area contributed by atoms with E-state index in [-0.39, 0.29) is 12.0 Å². The summed E-state index contributed by atoms with van der Waals surface area (Å²) >= 11 is 0. The van der Waals surface area contributed by atoms with Crippen molar-refractivity contribution in [2.75, 3.05) is 23.4 Å². The van der Waals surface area contributed by atoms with Gasteiger partial charge in [0, 0.05) is 17.8 Å². The highest BCUT2D eigenvalue weighted by atomic mass is 16.6. The fourth-order valence-corrected chi connectivity index (χ4v) is 2.51. The van der Waals surface area contributed by atoms with Crippen LogP contribution in [-0.4, -0.2) is 25.2 Å². The number of amides is 2. The normalized spacial score (nSPS) is 13.7. The first-order valence-electron chi connectivity index (χ1n) is 7.60. The van der Waals surface area contributed by atoms with Gasteiger partial charge in [-0.15, -0.1) is 0 Å². The highest BCUT2D eigenvalue weighted by Crippen LogP contribution is 2.22. The molecular formula is C18H18N2O3. The molecule has 5 nitrogen and oxygen atoms in total. The molecule has 1 N–H and O–H groups in total. The monoisotopic (exact) mass is 310 g/mol. The van der Waals surface area contributed by atoms with Crippen LogP contribution in [0.1, 0.15) is 12.0 Å². The van der Waals surface area contributed by atoms with Gasteiger partial charge in [-0.05, 0) is 30.2 Å². The highest BCUT2D eigenvalue weighted by Gasteiger charge is 2.23. The van der Waals surface area contributed by atoms with E-state index in [0.717, 1.165) is 11.3 Å². The molecule has 0 aromatic heterocycles. The van der Waals surface area contributed by atoms with Crippen LogP contribution in [0.3, 0.4) is 0 Å². The molecule has 2 amide bonds. The van der Waals surface area contributed by atoms with E-state index in [0.29, 0.717) is 31.7 Å². The summed E-state index contributed by atoms with van der Waals surface area (Å²) in [4.78, 5) is 25.2. The predicted molar refractivity (Wildman–Crippen MR) is 88.5 cm³/mol. The van der Waals surface area contributed by atoms with Gasteiger partial charge in [-0.3, -0.25) is 9.69 Å². The molecule has 0 spiro atoms. The summed E-state index contributed by atoms with van der Waals surface area (Å²) in [5, 5.41) is 2.87. The number of hydrogen-bond acceptors (Lipinski definition) is 3. The van der Waals surface area contributed by atoms with Crippen LogP contribution in [0.4, 0.5) is 16.2 Å². The van der Waals surface area contributed by atoms with Crippen molar-refractivity contribution >= 4 is 23.4 Å². The summed E-state index contributed by atoms with van der Waals surface area (Å²) in [6.07, 6.45) is 0.766. The molecule has 1 fully saturated rings. The Hall–Kier alpha value is -2.82. The lowest BCUT2D eigenvalue weighted by molar-refractivity contribution is -0.116. The summed E-state index contributed by atoms with van der Waals surface area (Å²) < 4.78 is 4.93. The van der Waals surface area contributed by atoms with E-state index >= 15 is 0 Å². The minimum Gasteiger partial charge on any atom is -0.447 e. The van der Waals surface area contributed by atoms with Crippen molar-refractivity contribution in [3.8, 4) is 0 Å². The van der Waals surface area contributed by atoms with Gasteiger partial charge in [0.15, 0.2) is 0 Å². The van der Waals surface area contributed by atoms with E-state index in [2.05, 4.69) is 5.32 Å². The maximum atomic E-state index is 12.1. The molecule has 1 aliphatic rings. The van der Waals surface area contributed by atoms with Crippen LogP contribution in [-0.2, 0) is 16.0 Å². The molecule has 0 saturated carbocycles. The maximum absolute atomic E-state index is 12.1. The zero-order valence-electron chi connectivity index (χ0n) is 12.7. The SMILES string of the molecule is O=C(CCc1ccccc1)Nc1cccc(N2CCOC2=O)c1. The summed E-state index contributed by atoms with van der Waals surface area (Å²) in [7, 11) is 0. The van der Waals surface area contributed by atoms with Crippen molar-refractivity contribution in [2.45, 2.75) is 12.8 Å². The number of benzene rings is 2. The largest absolute Gasteiger partial charge is 0.447 e. The van der Waals surface area contributed by atoms with Crippen LogP contribution < -0.4 is 10.2 Å². The van der Waals surface area contributed by atoms with E-state index in [1.165, 1.54) is 0 Å². The zero-order valence-corrected chi connectivity index (χ0v) is 12.7. The van der Waals surface area contributed by atoms with E-state index in [1.54, 1.807) is 11.0 Å². The van der Waals surface area contributed by atoms with Gasteiger partial charge < -0.3 is 10.1 Å². The van der Waals surface area contributed by atoms with Gasteiger partial charge in [0.2, 0.25) is 5.91 Å². The van der Waals surface area contributed by atoms with E-state index in [9.17, 15) is 9.59 Å². The van der Waals surface area contributed by atoms with Crippen LogP contribution >= 0.6 is 0 Å². The fraction of sp³-hybridized carbons (Fsp3) is 0.222. The number of rotatable bonds is 5. The Morgan fingerprint density at radius 2 is 1.96 bits per heavy atom. The summed E-state index contributed by atoms with van der Waals surface area (Å²) in [5.41, 5.74) is 2.55. The van der Waals surface area contributed by atoms with Gasteiger partial charge in [-0.25, -0.2) is 4.79 Å². The fourth-order valence-electron chi connectivity index (χ4n) is 2.51. The van der Waals surface area contributed by atoms with Gasteiger partial charge in [0.05, 0.1) is 6.54 Å². The topological polar surface area (TPSA) is 58.6 Å². The van der Waals surface area contributed by atoms with Crippen molar-refractivity contribution in [3.05, 3.63) is 60.2 Å². The molecule has 2 aromatic rings. The van der Waals surface area contributed by atoms with Crippen LogP contribution in [0, 0.1) is 0 Å². The molecule has 1 saturated heterocycles. The van der Waals surface area contributed by atoms with Crippen molar-refractivity contribution in [1.29, 1.82) is 0 Å². The number of nitrogens with zero attached hydrogens (tertiary/aromatic N) is 1. The first-order chi connectivity index (χ1) is 11.2. The maximum Gasteiger partial charge on any atom is 0.414 e. The van der Waals surface area contributed by atoms with Crippen molar-refractivity contribution in [2.24, 2.45) is 0 Å². The Morgan fingerprint density at radius 1 is 1.13 bits per heavy atom. The molecule has 0 atom stereocenters. The Bertz CT molecular complexity index is 700. The van der Waals surface area contributed by atoms with Crippen molar-refractivity contribution in [3.63, 3.8) is 0 Å². The second-order valence-corrected chi connectivity index (χ2v) is 5.35. The summed E-state index contributed by atoms with van der Waals surface area (Å²) in [6.45, 7) is 0.927. The van der Waals surface area contributed by atoms with Crippen molar-refractivity contribution < 1.29 is 14.3 Å². The smallest absolute Gasteiger partial charge is 0.414 e. The number of aryl methyl sites for hydroxylation is 1. The standard InChI is InChI=1S/C18H18N2O3/c21-17(10-9-14-5-2-1-3-6-14)19-15-7-4-8-16(13-15)20-11-12-23-18(20)22/h1-8,13H,9-12H2,(H,19,21). The Kier molecular flexibility index (Phi) is 4.57. The van der Waals surface area contributed by atoms with Gasteiger partial charge in [0.1, 0.15) is 6.61 Å². The number of cyclic esters (lactones) is 1. The lowest BCUT2D eigenvalue weighted by Gasteiger charge is -2.14. The molecule has 23 heavy (non-hydrogen) atoms.